The van der Waals surface area contributed by atoms with Gasteiger partial charge >= 0.3 is 6.18 Å². The van der Waals surface area contributed by atoms with Gasteiger partial charge in [-0.2, -0.15) is 13.2 Å². The summed E-state index contributed by atoms with van der Waals surface area (Å²) < 4.78 is 39.5. The minimum Gasteiger partial charge on any atom is -0.166 e. The zero-order chi connectivity index (χ0) is 20.1. The minimum atomic E-state index is -4.36. The number of hydrogen-bond acceptors (Lipinski definition) is 0. The lowest BCUT2D eigenvalue weighted by molar-refractivity contribution is -0.138. The summed E-state index contributed by atoms with van der Waals surface area (Å²) in [5.41, 5.74) is 2.12. The van der Waals surface area contributed by atoms with E-state index in [0.717, 1.165) is 11.5 Å². The molecule has 0 unspecified atom stereocenters. The molecule has 0 bridgehead atoms. The second kappa shape index (κ2) is 9.47. The Kier molecular flexibility index (Phi) is 7.25. The molecule has 0 aliphatic heterocycles. The molecule has 4 heteroatoms. The largest absolute Gasteiger partial charge is 0.417 e. The molecular formula is C24H28BrF3. The Labute approximate surface area is 174 Å². The number of alkyl halides is 3. The fraction of sp³-hybridized carbons (Fsp3) is 0.500. The quantitative estimate of drug-likeness (QED) is 0.383. The summed E-state index contributed by atoms with van der Waals surface area (Å²) in [6.45, 7) is 2.25. The van der Waals surface area contributed by atoms with Crippen LogP contribution in [-0.4, -0.2) is 0 Å². The molecule has 2 aromatic carbocycles. The summed E-state index contributed by atoms with van der Waals surface area (Å²) in [7, 11) is 0. The van der Waals surface area contributed by atoms with Gasteiger partial charge in [0.05, 0.1) is 5.56 Å². The van der Waals surface area contributed by atoms with Crippen molar-refractivity contribution >= 4 is 15.9 Å². The van der Waals surface area contributed by atoms with Gasteiger partial charge in [-0.25, -0.2) is 0 Å². The van der Waals surface area contributed by atoms with Crippen LogP contribution in [0.3, 0.4) is 0 Å². The molecule has 2 aromatic rings. The van der Waals surface area contributed by atoms with E-state index in [9.17, 15) is 13.2 Å². The van der Waals surface area contributed by atoms with Crippen molar-refractivity contribution in [3.63, 3.8) is 0 Å². The van der Waals surface area contributed by atoms with E-state index in [1.807, 2.05) is 12.1 Å². The fourth-order valence-electron chi connectivity index (χ4n) is 4.34. The van der Waals surface area contributed by atoms with E-state index in [-0.39, 0.29) is 4.47 Å². The highest BCUT2D eigenvalue weighted by Gasteiger charge is 2.33. The van der Waals surface area contributed by atoms with Crippen LogP contribution < -0.4 is 0 Å². The predicted octanol–water partition coefficient (Wildman–Crippen LogP) is 8.99. The van der Waals surface area contributed by atoms with Gasteiger partial charge in [0.15, 0.2) is 0 Å². The Hall–Kier alpha value is -1.29. The van der Waals surface area contributed by atoms with Crippen LogP contribution in [0, 0.1) is 5.92 Å². The monoisotopic (exact) mass is 452 g/mol. The molecule has 0 aromatic heterocycles. The molecule has 3 rings (SSSR count). The maximum Gasteiger partial charge on any atom is 0.417 e. The first-order valence-corrected chi connectivity index (χ1v) is 11.1. The third-order valence-electron chi connectivity index (χ3n) is 6.05. The summed E-state index contributed by atoms with van der Waals surface area (Å²) in [4.78, 5) is 0. The average Bonchev–Trinajstić information content (AvgIpc) is 2.68. The zero-order valence-electron chi connectivity index (χ0n) is 16.4. The Morgan fingerprint density at radius 1 is 0.893 bits per heavy atom. The highest BCUT2D eigenvalue weighted by Crippen LogP contribution is 2.40. The van der Waals surface area contributed by atoms with E-state index < -0.39 is 11.7 Å². The summed E-state index contributed by atoms with van der Waals surface area (Å²) in [6, 6.07) is 12.6. The van der Waals surface area contributed by atoms with Gasteiger partial charge in [0.2, 0.25) is 0 Å². The normalized spacial score (nSPS) is 20.3. The maximum absolute atomic E-state index is 13.2. The van der Waals surface area contributed by atoms with Crippen molar-refractivity contribution in [3.05, 3.63) is 58.1 Å². The lowest BCUT2D eigenvalue weighted by Crippen LogP contribution is -2.13. The third kappa shape index (κ3) is 5.40. The van der Waals surface area contributed by atoms with Crippen LogP contribution in [0.15, 0.2) is 46.9 Å². The van der Waals surface area contributed by atoms with Crippen molar-refractivity contribution < 1.29 is 13.2 Å². The topological polar surface area (TPSA) is 0 Å². The standard InChI is InChI=1S/C24H28BrF3/c1-2-3-4-5-17-6-8-18(9-7-17)19-10-12-20(13-11-19)21-14-15-23(25)22(16-21)24(26,27)28/h10-18H,2-9H2,1H3/t17-,18-. The second-order valence-electron chi connectivity index (χ2n) is 8.03. The van der Waals surface area contributed by atoms with Crippen LogP contribution in [0.25, 0.3) is 11.1 Å². The van der Waals surface area contributed by atoms with E-state index >= 15 is 0 Å². The molecule has 1 saturated carbocycles. The Morgan fingerprint density at radius 3 is 2.14 bits per heavy atom. The van der Waals surface area contributed by atoms with Crippen LogP contribution in [0.2, 0.25) is 0 Å². The zero-order valence-corrected chi connectivity index (χ0v) is 18.0. The Morgan fingerprint density at radius 2 is 1.54 bits per heavy atom. The van der Waals surface area contributed by atoms with Crippen LogP contribution in [0.4, 0.5) is 13.2 Å². The molecule has 0 saturated heterocycles. The lowest BCUT2D eigenvalue weighted by atomic mass is 9.77. The van der Waals surface area contributed by atoms with E-state index in [0.29, 0.717) is 11.5 Å². The van der Waals surface area contributed by atoms with Gasteiger partial charge in [0, 0.05) is 4.47 Å². The third-order valence-corrected chi connectivity index (χ3v) is 6.74. The maximum atomic E-state index is 13.2. The summed E-state index contributed by atoms with van der Waals surface area (Å²) in [5.74, 6) is 1.47. The average molecular weight is 453 g/mol. The van der Waals surface area contributed by atoms with Crippen molar-refractivity contribution in [1.82, 2.24) is 0 Å². The second-order valence-corrected chi connectivity index (χ2v) is 8.88. The van der Waals surface area contributed by atoms with Gasteiger partial charge in [-0.05, 0) is 66.3 Å². The van der Waals surface area contributed by atoms with Crippen molar-refractivity contribution in [3.8, 4) is 11.1 Å². The highest BCUT2D eigenvalue weighted by atomic mass is 79.9. The Bertz CT molecular complexity index is 756. The van der Waals surface area contributed by atoms with Crippen molar-refractivity contribution in [1.29, 1.82) is 0 Å². The van der Waals surface area contributed by atoms with E-state index in [4.69, 9.17) is 0 Å². The summed E-state index contributed by atoms with van der Waals surface area (Å²) >= 11 is 3.01. The van der Waals surface area contributed by atoms with Crippen molar-refractivity contribution in [2.24, 2.45) is 5.92 Å². The van der Waals surface area contributed by atoms with Gasteiger partial charge in [0.25, 0.3) is 0 Å². The van der Waals surface area contributed by atoms with Crippen molar-refractivity contribution in [2.75, 3.05) is 0 Å². The van der Waals surface area contributed by atoms with Gasteiger partial charge < -0.3 is 0 Å². The highest BCUT2D eigenvalue weighted by molar-refractivity contribution is 9.10. The SMILES string of the molecule is CCCCC[C@H]1CC[C@H](c2ccc(-c3ccc(Br)c(C(F)(F)F)c3)cc2)CC1. The fourth-order valence-corrected chi connectivity index (χ4v) is 4.81. The predicted molar refractivity (Wildman–Crippen MR) is 113 cm³/mol. The minimum absolute atomic E-state index is 0.0797. The van der Waals surface area contributed by atoms with Gasteiger partial charge in [-0.1, -0.05) is 78.9 Å². The van der Waals surface area contributed by atoms with Gasteiger partial charge in [0.1, 0.15) is 0 Å². The first-order valence-electron chi connectivity index (χ1n) is 10.4. The Balaban J connectivity index is 1.65. The molecule has 0 radical (unpaired) electrons. The number of rotatable bonds is 6. The molecule has 1 aliphatic rings. The number of hydrogen-bond donors (Lipinski definition) is 0. The van der Waals surface area contributed by atoms with Gasteiger partial charge in [-0.15, -0.1) is 0 Å². The molecule has 28 heavy (non-hydrogen) atoms. The summed E-state index contributed by atoms with van der Waals surface area (Å²) in [6.07, 6.45) is 6.05. The van der Waals surface area contributed by atoms with E-state index in [2.05, 4.69) is 35.0 Å². The smallest absolute Gasteiger partial charge is 0.166 e. The van der Waals surface area contributed by atoms with E-state index in [1.54, 1.807) is 6.07 Å². The van der Waals surface area contributed by atoms with Crippen LogP contribution in [0.1, 0.15) is 75.3 Å². The molecule has 0 nitrogen and oxygen atoms in total. The molecule has 1 aliphatic carbocycles. The van der Waals surface area contributed by atoms with Crippen LogP contribution in [-0.2, 0) is 6.18 Å². The first-order chi connectivity index (χ1) is 13.4. The molecule has 0 spiro atoms. The molecule has 0 heterocycles. The molecule has 0 amide bonds. The van der Waals surface area contributed by atoms with Crippen molar-refractivity contribution in [2.45, 2.75) is 70.4 Å². The number of unbranched alkanes of at least 4 members (excludes halogenated alkanes) is 2. The molecular weight excluding hydrogens is 425 g/mol. The molecule has 152 valence electrons. The first kappa shape index (κ1) is 21.4. The van der Waals surface area contributed by atoms with E-state index in [1.165, 1.54) is 69.1 Å². The number of halogens is 4. The van der Waals surface area contributed by atoms with Gasteiger partial charge in [-0.3, -0.25) is 0 Å². The molecule has 1 fully saturated rings. The van der Waals surface area contributed by atoms with Crippen LogP contribution >= 0.6 is 15.9 Å². The molecule has 0 atom stereocenters. The lowest BCUT2D eigenvalue weighted by Gasteiger charge is -2.29. The molecule has 0 N–H and O–H groups in total. The summed E-state index contributed by atoms with van der Waals surface area (Å²) in [5, 5.41) is 0. The van der Waals surface area contributed by atoms with Crippen LogP contribution in [0.5, 0.6) is 0 Å². The number of benzene rings is 2.